The summed E-state index contributed by atoms with van der Waals surface area (Å²) >= 11 is 0. The first-order valence-corrected chi connectivity index (χ1v) is 21.4. The van der Waals surface area contributed by atoms with Crippen molar-refractivity contribution >= 4 is 17.9 Å². The van der Waals surface area contributed by atoms with Crippen molar-refractivity contribution in [1.29, 1.82) is 0 Å². The Balaban J connectivity index is 5.50. The zero-order chi connectivity index (χ0) is 45.5. The van der Waals surface area contributed by atoms with Crippen molar-refractivity contribution in [3.05, 3.63) is 0 Å². The van der Waals surface area contributed by atoms with E-state index in [1.165, 1.54) is 0 Å². The van der Waals surface area contributed by atoms with Gasteiger partial charge in [-0.3, -0.25) is 14.4 Å². The molecule has 0 aromatic carbocycles. The predicted octanol–water partition coefficient (Wildman–Crippen LogP) is 7.80. The van der Waals surface area contributed by atoms with Crippen LogP contribution in [0.3, 0.4) is 0 Å². The van der Waals surface area contributed by atoms with Crippen LogP contribution in [0.4, 0.5) is 0 Å². The first kappa shape index (κ1) is 56.2. The highest BCUT2D eigenvalue weighted by molar-refractivity contribution is 5.74. The monoisotopic (exact) mass is 833 g/mol. The third-order valence-electron chi connectivity index (χ3n) is 10.3. The average Bonchev–Trinajstić information content (AvgIpc) is 3.05. The highest BCUT2D eigenvalue weighted by atomic mass is 16.6. The predicted molar refractivity (Wildman–Crippen MR) is 228 cm³/mol. The van der Waals surface area contributed by atoms with Gasteiger partial charge in [0.05, 0.1) is 50.8 Å². The Labute approximate surface area is 353 Å². The van der Waals surface area contributed by atoms with E-state index in [2.05, 4.69) is 62.3 Å². The lowest BCUT2D eigenvalue weighted by Crippen LogP contribution is -2.37. The van der Waals surface area contributed by atoms with Crippen LogP contribution >= 0.6 is 0 Å². The van der Waals surface area contributed by atoms with Gasteiger partial charge in [-0.1, -0.05) is 131 Å². The fourth-order valence-corrected chi connectivity index (χ4v) is 6.19. The number of aliphatic hydroxyl groups is 3. The zero-order valence-corrected chi connectivity index (χ0v) is 40.0. The van der Waals surface area contributed by atoms with Gasteiger partial charge >= 0.3 is 17.9 Å². The molecule has 0 aromatic rings. The molecule has 0 rings (SSSR count). The van der Waals surface area contributed by atoms with Crippen LogP contribution in [-0.4, -0.2) is 110 Å². The van der Waals surface area contributed by atoms with E-state index in [0.29, 0.717) is 19.3 Å². The summed E-state index contributed by atoms with van der Waals surface area (Å²) in [4.78, 5) is 39.3. The molecular weight excluding hydrogens is 744 g/mol. The van der Waals surface area contributed by atoms with Crippen LogP contribution in [0.1, 0.15) is 150 Å². The Morgan fingerprint density at radius 2 is 0.724 bits per heavy atom. The van der Waals surface area contributed by atoms with E-state index in [9.17, 15) is 29.7 Å². The molecule has 7 atom stereocenters. The van der Waals surface area contributed by atoms with Crippen molar-refractivity contribution in [3.8, 4) is 0 Å². The number of carbonyl (C=O) groups is 3. The third kappa shape index (κ3) is 25.1. The summed E-state index contributed by atoms with van der Waals surface area (Å²) in [6.07, 6.45) is -1.30. The van der Waals surface area contributed by atoms with Gasteiger partial charge in [-0.2, -0.15) is 0 Å². The maximum atomic E-state index is 13.1. The molecule has 0 radical (unpaired) electrons. The van der Waals surface area contributed by atoms with E-state index in [1.54, 1.807) is 0 Å². The zero-order valence-electron chi connectivity index (χ0n) is 40.0. The van der Waals surface area contributed by atoms with Crippen LogP contribution in [0.2, 0.25) is 0 Å². The van der Waals surface area contributed by atoms with Gasteiger partial charge in [0, 0.05) is 0 Å². The summed E-state index contributed by atoms with van der Waals surface area (Å²) in [7, 11) is 0. The fourth-order valence-electron chi connectivity index (χ4n) is 6.19. The Hall–Kier alpha value is -1.83. The molecule has 344 valence electrons. The molecule has 0 bridgehead atoms. The first-order chi connectivity index (χ1) is 26.1. The van der Waals surface area contributed by atoms with Crippen LogP contribution in [-0.2, 0) is 42.8 Å². The topological polar surface area (TPSA) is 167 Å². The van der Waals surface area contributed by atoms with E-state index >= 15 is 0 Å². The number of ether oxygens (including phenoxy) is 6. The van der Waals surface area contributed by atoms with E-state index < -0.39 is 24.4 Å². The molecule has 0 saturated heterocycles. The van der Waals surface area contributed by atoms with E-state index in [4.69, 9.17) is 28.4 Å². The molecular formula is C46H88O12. The quantitative estimate of drug-likeness (QED) is 0.0604. The number of rotatable bonds is 25. The number of carbonyl (C=O) groups excluding carboxylic acids is 3. The smallest absolute Gasteiger partial charge is 0.309 e. The summed E-state index contributed by atoms with van der Waals surface area (Å²) < 4.78 is 34.0. The summed E-state index contributed by atoms with van der Waals surface area (Å²) in [5.74, 6) is -2.20. The summed E-state index contributed by atoms with van der Waals surface area (Å²) in [6.45, 7) is 35.2. The molecule has 0 aromatic heterocycles. The van der Waals surface area contributed by atoms with Crippen molar-refractivity contribution < 1.29 is 58.1 Å². The lowest BCUT2D eigenvalue weighted by atomic mass is 9.70. The number of hydrogen-bond donors (Lipinski definition) is 3. The average molecular weight is 833 g/mol. The highest BCUT2D eigenvalue weighted by Crippen LogP contribution is 2.40. The van der Waals surface area contributed by atoms with Crippen LogP contribution < -0.4 is 0 Å². The highest BCUT2D eigenvalue weighted by Gasteiger charge is 2.39. The molecule has 0 heterocycles. The van der Waals surface area contributed by atoms with E-state index in [1.807, 2.05) is 62.3 Å². The standard InChI is InChI=1S/C46H88O12/c1-19-46(17,18)22-37(45(14,15)16)40(52)57-27-32(48)24-54-30-34(55-25-33(49)28-58-39(51)36(44(11,12)13)21-42(5,6)7)29-53-23-31(47)26-56-38(50)35(43(8,9)10)20-41(2,3)4/h31-37,47-49H,19-30H2,1-18H3. The molecule has 0 aliphatic rings. The molecule has 0 fully saturated rings. The molecule has 0 spiro atoms. The van der Waals surface area contributed by atoms with Crippen LogP contribution in [0.25, 0.3) is 0 Å². The van der Waals surface area contributed by atoms with Gasteiger partial charge < -0.3 is 43.7 Å². The van der Waals surface area contributed by atoms with Gasteiger partial charge in [0.15, 0.2) is 0 Å². The minimum absolute atomic E-state index is 0.0476. The molecule has 3 N–H and O–H groups in total. The number of esters is 3. The number of hydrogen-bond acceptors (Lipinski definition) is 12. The fraction of sp³-hybridized carbons (Fsp3) is 0.935. The van der Waals surface area contributed by atoms with Crippen molar-refractivity contribution in [1.82, 2.24) is 0 Å². The van der Waals surface area contributed by atoms with Crippen LogP contribution in [0.15, 0.2) is 0 Å². The van der Waals surface area contributed by atoms with Crippen molar-refractivity contribution in [2.75, 3.05) is 52.9 Å². The summed E-state index contributed by atoms with van der Waals surface area (Å²) in [6, 6.07) is 0. The third-order valence-corrected chi connectivity index (χ3v) is 10.3. The van der Waals surface area contributed by atoms with Crippen LogP contribution in [0.5, 0.6) is 0 Å². The minimum Gasteiger partial charge on any atom is -0.463 e. The second kappa shape index (κ2) is 24.0. The largest absolute Gasteiger partial charge is 0.463 e. The summed E-state index contributed by atoms with van der Waals surface area (Å²) in [5, 5.41) is 32.0. The molecule has 12 nitrogen and oxygen atoms in total. The van der Waals surface area contributed by atoms with Gasteiger partial charge in [-0.05, 0) is 51.8 Å². The maximum absolute atomic E-state index is 13.1. The van der Waals surface area contributed by atoms with Crippen molar-refractivity contribution in [2.24, 2.45) is 50.2 Å². The lowest BCUT2D eigenvalue weighted by molar-refractivity contribution is -0.162. The summed E-state index contributed by atoms with van der Waals surface area (Å²) in [5.41, 5.74) is -1.22. The van der Waals surface area contributed by atoms with Crippen LogP contribution in [0, 0.1) is 50.2 Å². The molecule has 0 amide bonds. The molecule has 58 heavy (non-hydrogen) atoms. The van der Waals surface area contributed by atoms with Crippen molar-refractivity contribution in [2.45, 2.75) is 175 Å². The van der Waals surface area contributed by atoms with Gasteiger partial charge in [0.1, 0.15) is 44.2 Å². The van der Waals surface area contributed by atoms with Gasteiger partial charge in [-0.25, -0.2) is 0 Å². The van der Waals surface area contributed by atoms with Gasteiger partial charge in [0.25, 0.3) is 0 Å². The Morgan fingerprint density at radius 3 is 1.00 bits per heavy atom. The Morgan fingerprint density at radius 1 is 0.431 bits per heavy atom. The normalized spacial score (nSPS) is 17.1. The van der Waals surface area contributed by atoms with E-state index in [-0.39, 0.29) is 121 Å². The van der Waals surface area contributed by atoms with Crippen molar-refractivity contribution in [3.63, 3.8) is 0 Å². The van der Waals surface area contributed by atoms with E-state index in [0.717, 1.165) is 6.42 Å². The second-order valence-electron chi connectivity index (χ2n) is 22.9. The Bertz CT molecular complexity index is 1200. The van der Waals surface area contributed by atoms with Gasteiger partial charge in [0.2, 0.25) is 0 Å². The lowest BCUT2D eigenvalue weighted by Gasteiger charge is -2.35. The SMILES string of the molecule is CCC(C)(C)CC(C(=O)OCC(O)COCC(COCC(O)COC(=O)C(CC(C)(C)C)C(C)(C)C)OCC(O)COC(=O)C(CC(C)(C)C)C(C)(C)C)C(C)(C)C. The Kier molecular flexibility index (Phi) is 23.2. The molecule has 0 aliphatic carbocycles. The minimum atomic E-state index is -1.14. The first-order valence-electron chi connectivity index (χ1n) is 21.4. The molecule has 12 heteroatoms. The molecule has 0 aliphatic heterocycles. The van der Waals surface area contributed by atoms with Gasteiger partial charge in [-0.15, -0.1) is 0 Å². The molecule has 7 unspecified atom stereocenters. The maximum Gasteiger partial charge on any atom is 0.309 e. The molecule has 0 saturated carbocycles. The number of aliphatic hydroxyl groups excluding tert-OH is 3. The second-order valence-corrected chi connectivity index (χ2v) is 22.9.